The van der Waals surface area contributed by atoms with E-state index in [-0.39, 0.29) is 5.91 Å². The quantitative estimate of drug-likeness (QED) is 0.455. The van der Waals surface area contributed by atoms with Gasteiger partial charge in [0.25, 0.3) is 5.91 Å². The molecule has 0 aliphatic rings. The van der Waals surface area contributed by atoms with Gasteiger partial charge in [-0.2, -0.15) is 5.10 Å². The van der Waals surface area contributed by atoms with Crippen molar-refractivity contribution in [1.82, 2.24) is 10.4 Å². The summed E-state index contributed by atoms with van der Waals surface area (Å²) in [5.74, 6) is 0.323. The molecule has 1 heterocycles. The number of carbonyl (C=O) groups is 1. The van der Waals surface area contributed by atoms with Crippen molar-refractivity contribution in [1.29, 1.82) is 0 Å². The Kier molecular flexibility index (Phi) is 5.01. The van der Waals surface area contributed by atoms with Gasteiger partial charge in [0.15, 0.2) is 0 Å². The number of methoxy groups -OCH3 is 1. The van der Waals surface area contributed by atoms with Crippen LogP contribution in [0.5, 0.6) is 5.75 Å². The highest BCUT2D eigenvalue weighted by molar-refractivity contribution is 9.11. The Labute approximate surface area is 155 Å². The van der Waals surface area contributed by atoms with Gasteiger partial charge in [0.1, 0.15) is 5.75 Å². The van der Waals surface area contributed by atoms with E-state index in [0.717, 1.165) is 16.5 Å². The Balaban J connectivity index is 1.76. The number of halogens is 2. The second-order valence-corrected chi connectivity index (χ2v) is 6.67. The number of nitrogens with one attached hydrogen (secondary N) is 2. The summed E-state index contributed by atoms with van der Waals surface area (Å²) in [6.07, 6.45) is 3.46. The second kappa shape index (κ2) is 7.19. The maximum absolute atomic E-state index is 12.2. The number of nitrogens with zero attached hydrogens (tertiary/aromatic N) is 1. The lowest BCUT2D eigenvalue weighted by molar-refractivity contribution is 0.0955. The molecule has 3 aromatic rings. The summed E-state index contributed by atoms with van der Waals surface area (Å²) >= 11 is 6.75. The van der Waals surface area contributed by atoms with E-state index in [0.29, 0.717) is 20.3 Å². The number of benzene rings is 2. The van der Waals surface area contributed by atoms with E-state index >= 15 is 0 Å². The molecule has 0 radical (unpaired) electrons. The molecule has 5 nitrogen and oxygen atoms in total. The van der Waals surface area contributed by atoms with Gasteiger partial charge in [-0.3, -0.25) is 4.79 Å². The lowest BCUT2D eigenvalue weighted by atomic mass is 10.2. The van der Waals surface area contributed by atoms with Crippen LogP contribution in [0.2, 0.25) is 0 Å². The Hall–Kier alpha value is -2.12. The fourth-order valence-electron chi connectivity index (χ4n) is 2.31. The molecule has 0 saturated carbocycles. The summed E-state index contributed by atoms with van der Waals surface area (Å²) < 4.78 is 6.59. The van der Waals surface area contributed by atoms with Gasteiger partial charge in [-0.15, -0.1) is 0 Å². The van der Waals surface area contributed by atoms with Crippen molar-refractivity contribution < 1.29 is 9.53 Å². The smallest absolute Gasteiger partial charge is 0.271 e. The average molecular weight is 451 g/mol. The average Bonchev–Trinajstić information content (AvgIpc) is 2.98. The molecular weight excluding hydrogens is 438 g/mol. The lowest BCUT2D eigenvalue weighted by Gasteiger charge is -2.08. The fraction of sp³-hybridized carbons (Fsp3) is 0.0588. The summed E-state index contributed by atoms with van der Waals surface area (Å²) in [6.45, 7) is 0. The monoisotopic (exact) mass is 449 g/mol. The number of rotatable bonds is 4. The molecule has 7 heteroatoms. The zero-order chi connectivity index (χ0) is 17.1. The molecule has 122 valence electrons. The Morgan fingerprint density at radius 3 is 2.67 bits per heavy atom. The third kappa shape index (κ3) is 3.37. The minimum atomic E-state index is -0.310. The molecule has 0 aliphatic heterocycles. The second-order valence-electron chi connectivity index (χ2n) is 4.96. The van der Waals surface area contributed by atoms with Crippen LogP contribution < -0.4 is 10.2 Å². The van der Waals surface area contributed by atoms with E-state index in [1.165, 1.54) is 0 Å². The number of fused-ring (bicyclic) bond motifs is 1. The molecule has 0 bridgehead atoms. The first-order chi connectivity index (χ1) is 11.6. The van der Waals surface area contributed by atoms with Gasteiger partial charge in [-0.1, -0.05) is 18.2 Å². The van der Waals surface area contributed by atoms with Crippen molar-refractivity contribution in [2.45, 2.75) is 0 Å². The minimum absolute atomic E-state index is 0.310. The topological polar surface area (TPSA) is 66.5 Å². The molecule has 0 aliphatic carbocycles. The van der Waals surface area contributed by atoms with Crippen molar-refractivity contribution >= 4 is 54.9 Å². The Morgan fingerprint density at radius 2 is 1.96 bits per heavy atom. The van der Waals surface area contributed by atoms with Crippen molar-refractivity contribution in [2.24, 2.45) is 5.10 Å². The van der Waals surface area contributed by atoms with Crippen LogP contribution in [-0.2, 0) is 0 Å². The SMILES string of the molecule is COc1c(Br)cc(C(=O)N/N=C/c2c[nH]c3ccccc23)cc1Br. The van der Waals surface area contributed by atoms with Crippen LogP contribution >= 0.6 is 31.9 Å². The van der Waals surface area contributed by atoms with Gasteiger partial charge in [0.05, 0.1) is 22.3 Å². The van der Waals surface area contributed by atoms with E-state index in [9.17, 15) is 4.79 Å². The molecule has 2 N–H and O–H groups in total. The first-order valence-electron chi connectivity index (χ1n) is 7.02. The third-order valence-corrected chi connectivity index (χ3v) is 4.63. The first kappa shape index (κ1) is 16.7. The van der Waals surface area contributed by atoms with Crippen LogP contribution in [0.3, 0.4) is 0 Å². The molecule has 0 saturated heterocycles. The molecule has 0 atom stereocenters. The maximum Gasteiger partial charge on any atom is 0.271 e. The zero-order valence-electron chi connectivity index (χ0n) is 12.6. The number of H-pyrrole nitrogens is 1. The summed E-state index contributed by atoms with van der Waals surface area (Å²) in [5.41, 5.74) is 4.92. The van der Waals surface area contributed by atoms with Gasteiger partial charge in [-0.25, -0.2) is 5.43 Å². The molecule has 1 aromatic heterocycles. The summed E-state index contributed by atoms with van der Waals surface area (Å²) in [4.78, 5) is 15.4. The van der Waals surface area contributed by atoms with Crippen molar-refractivity contribution in [3.63, 3.8) is 0 Å². The number of amides is 1. The number of para-hydroxylation sites is 1. The van der Waals surface area contributed by atoms with E-state index in [1.807, 2.05) is 30.5 Å². The zero-order valence-corrected chi connectivity index (χ0v) is 15.8. The molecule has 0 spiro atoms. The van der Waals surface area contributed by atoms with Crippen LogP contribution in [0.25, 0.3) is 10.9 Å². The van der Waals surface area contributed by atoms with Crippen LogP contribution in [-0.4, -0.2) is 24.2 Å². The molecule has 3 rings (SSSR count). The highest BCUT2D eigenvalue weighted by Crippen LogP contribution is 2.34. The van der Waals surface area contributed by atoms with E-state index < -0.39 is 0 Å². The number of aromatic amines is 1. The highest BCUT2D eigenvalue weighted by Gasteiger charge is 2.12. The Morgan fingerprint density at radius 1 is 1.25 bits per heavy atom. The molecular formula is C17H13Br2N3O2. The van der Waals surface area contributed by atoms with Gasteiger partial charge in [-0.05, 0) is 50.1 Å². The predicted octanol–water partition coefficient (Wildman–Crippen LogP) is 4.47. The van der Waals surface area contributed by atoms with E-state index in [1.54, 1.807) is 25.5 Å². The number of aromatic nitrogens is 1. The van der Waals surface area contributed by atoms with Crippen LogP contribution in [0.15, 0.2) is 56.6 Å². The fourth-order valence-corrected chi connectivity index (χ4v) is 3.82. The van der Waals surface area contributed by atoms with E-state index in [4.69, 9.17) is 4.74 Å². The molecule has 0 fully saturated rings. The third-order valence-electron chi connectivity index (χ3n) is 3.46. The van der Waals surface area contributed by atoms with Crippen molar-refractivity contribution in [3.8, 4) is 5.75 Å². The molecule has 0 unspecified atom stereocenters. The largest absolute Gasteiger partial charge is 0.494 e. The number of hydrogen-bond donors (Lipinski definition) is 2. The lowest BCUT2D eigenvalue weighted by Crippen LogP contribution is -2.17. The number of carbonyl (C=O) groups excluding carboxylic acids is 1. The summed E-state index contributed by atoms with van der Waals surface area (Å²) in [7, 11) is 1.57. The predicted molar refractivity (Wildman–Crippen MR) is 102 cm³/mol. The normalized spacial score (nSPS) is 11.1. The van der Waals surface area contributed by atoms with Gasteiger partial charge >= 0.3 is 0 Å². The van der Waals surface area contributed by atoms with Gasteiger partial charge < -0.3 is 9.72 Å². The van der Waals surface area contributed by atoms with Gasteiger partial charge in [0.2, 0.25) is 0 Å². The Bertz CT molecular complexity index is 911. The van der Waals surface area contributed by atoms with Crippen LogP contribution in [0.1, 0.15) is 15.9 Å². The summed E-state index contributed by atoms with van der Waals surface area (Å²) in [5, 5.41) is 5.08. The molecule has 2 aromatic carbocycles. The van der Waals surface area contributed by atoms with Crippen molar-refractivity contribution in [2.75, 3.05) is 7.11 Å². The minimum Gasteiger partial charge on any atom is -0.494 e. The van der Waals surface area contributed by atoms with Crippen LogP contribution in [0.4, 0.5) is 0 Å². The van der Waals surface area contributed by atoms with Crippen LogP contribution in [0, 0.1) is 0 Å². The maximum atomic E-state index is 12.2. The number of hydrazone groups is 1. The van der Waals surface area contributed by atoms with Crippen molar-refractivity contribution in [3.05, 3.63) is 62.7 Å². The molecule has 24 heavy (non-hydrogen) atoms. The van der Waals surface area contributed by atoms with E-state index in [2.05, 4.69) is 47.4 Å². The standard InChI is InChI=1S/C17H13Br2N3O2/c1-24-16-13(18)6-10(7-14(16)19)17(23)22-21-9-11-8-20-15-5-3-2-4-12(11)15/h2-9,20H,1H3,(H,22,23)/b21-9+. The van der Waals surface area contributed by atoms with Gasteiger partial charge in [0, 0.05) is 28.2 Å². The number of hydrogen-bond acceptors (Lipinski definition) is 3. The first-order valence-corrected chi connectivity index (χ1v) is 8.61. The molecule has 1 amide bonds. The summed E-state index contributed by atoms with van der Waals surface area (Å²) in [6, 6.07) is 11.3. The highest BCUT2D eigenvalue weighted by atomic mass is 79.9. The number of ether oxygens (including phenoxy) is 1.